The molecule has 3 N–H and O–H groups in total. The molecular weight excluding hydrogens is 339 g/mol. The maximum Gasteiger partial charge on any atom is 0.329 e. The number of aromatic nitrogens is 3. The minimum absolute atomic E-state index is 0.115. The number of amides is 1. The molecule has 0 spiro atoms. The maximum absolute atomic E-state index is 14.0. The van der Waals surface area contributed by atoms with Crippen LogP contribution < -0.4 is 16.6 Å². The van der Waals surface area contributed by atoms with Crippen molar-refractivity contribution >= 4 is 16.9 Å². The highest BCUT2D eigenvalue weighted by atomic mass is 19.1. The Labute approximate surface area is 147 Å². The quantitative estimate of drug-likeness (QED) is 0.585. The van der Waals surface area contributed by atoms with Gasteiger partial charge in [0.15, 0.2) is 0 Å². The zero-order chi connectivity index (χ0) is 18.7. The highest BCUT2D eigenvalue weighted by Crippen LogP contribution is 2.27. The van der Waals surface area contributed by atoms with E-state index in [1.54, 1.807) is 18.2 Å². The number of rotatable bonds is 6. The minimum atomic E-state index is -0.717. The fraction of sp³-hybridized carbons (Fsp3) is 0.278. The Morgan fingerprint density at radius 1 is 1.19 bits per heavy atom. The van der Waals surface area contributed by atoms with E-state index >= 15 is 0 Å². The van der Waals surface area contributed by atoms with Crippen molar-refractivity contribution in [1.29, 1.82) is 0 Å². The first-order chi connectivity index (χ1) is 12.5. The Balaban J connectivity index is 2.00. The lowest BCUT2D eigenvalue weighted by Crippen LogP contribution is -2.40. The summed E-state index contributed by atoms with van der Waals surface area (Å²) in [6.45, 7) is 2.11. The molecule has 0 aliphatic carbocycles. The van der Waals surface area contributed by atoms with Gasteiger partial charge in [0.2, 0.25) is 5.91 Å². The first-order valence-electron chi connectivity index (χ1n) is 8.38. The average Bonchev–Trinajstić information content (AvgIpc) is 3.03. The van der Waals surface area contributed by atoms with E-state index in [4.69, 9.17) is 0 Å². The van der Waals surface area contributed by atoms with E-state index in [9.17, 15) is 18.8 Å². The van der Waals surface area contributed by atoms with Gasteiger partial charge in [-0.05, 0) is 12.5 Å². The smallest absolute Gasteiger partial charge is 0.329 e. The van der Waals surface area contributed by atoms with Crippen LogP contribution in [0.3, 0.4) is 0 Å². The minimum Gasteiger partial charge on any atom is -0.355 e. The third-order valence-corrected chi connectivity index (χ3v) is 4.13. The molecule has 0 unspecified atom stereocenters. The van der Waals surface area contributed by atoms with Gasteiger partial charge in [0.25, 0.3) is 5.56 Å². The Morgan fingerprint density at radius 2 is 1.96 bits per heavy atom. The largest absolute Gasteiger partial charge is 0.355 e. The monoisotopic (exact) mass is 358 g/mol. The number of nitrogens with one attached hydrogen (secondary N) is 3. The van der Waals surface area contributed by atoms with Gasteiger partial charge in [0, 0.05) is 23.9 Å². The first-order valence-corrected chi connectivity index (χ1v) is 8.38. The number of unbranched alkanes of at least 4 members (excludes halogenated alkanes) is 1. The van der Waals surface area contributed by atoms with E-state index < -0.39 is 23.0 Å². The number of H-pyrrole nitrogens is 2. The Bertz CT molecular complexity index is 1060. The van der Waals surface area contributed by atoms with Crippen molar-refractivity contribution in [3.63, 3.8) is 0 Å². The summed E-state index contributed by atoms with van der Waals surface area (Å²) in [6.07, 6.45) is 3.21. The molecule has 2 aromatic heterocycles. The van der Waals surface area contributed by atoms with Gasteiger partial charge >= 0.3 is 5.69 Å². The van der Waals surface area contributed by atoms with E-state index in [0.29, 0.717) is 12.1 Å². The van der Waals surface area contributed by atoms with Crippen LogP contribution in [0.4, 0.5) is 4.39 Å². The molecule has 0 radical (unpaired) electrons. The first kappa shape index (κ1) is 17.7. The van der Waals surface area contributed by atoms with Crippen molar-refractivity contribution in [1.82, 2.24) is 19.9 Å². The molecule has 26 heavy (non-hydrogen) atoms. The zero-order valence-corrected chi connectivity index (χ0v) is 14.3. The molecule has 0 aliphatic heterocycles. The highest BCUT2D eigenvalue weighted by Gasteiger charge is 2.17. The van der Waals surface area contributed by atoms with Crippen molar-refractivity contribution in [3.8, 4) is 11.1 Å². The Hall–Kier alpha value is -3.16. The number of nitrogens with zero attached hydrogens (tertiary/aromatic N) is 1. The molecule has 2 heterocycles. The number of carbonyl (C=O) groups is 1. The molecule has 0 bridgehead atoms. The molecule has 136 valence electrons. The standard InChI is InChI=1S/C18H19FN4O3/c1-2-3-8-20-14(24)10-23-17(25)16-15(22-18(23)26)12(9-21-16)11-6-4-5-7-13(11)19/h4-7,9,21H,2-3,8,10H2,1H3,(H,20,24)(H,22,26). The van der Waals surface area contributed by atoms with Gasteiger partial charge in [-0.1, -0.05) is 31.5 Å². The van der Waals surface area contributed by atoms with Crippen LogP contribution in [-0.4, -0.2) is 27.0 Å². The van der Waals surface area contributed by atoms with Crippen molar-refractivity contribution in [3.05, 3.63) is 57.1 Å². The lowest BCUT2D eigenvalue weighted by Gasteiger charge is -2.07. The van der Waals surface area contributed by atoms with Crippen LogP contribution in [0.15, 0.2) is 40.1 Å². The molecule has 0 saturated heterocycles. The molecule has 0 saturated carbocycles. The summed E-state index contributed by atoms with van der Waals surface area (Å²) in [5.41, 5.74) is -0.366. The molecule has 7 nitrogen and oxygen atoms in total. The predicted octanol–water partition coefficient (Wildman–Crippen LogP) is 1.74. The Morgan fingerprint density at radius 3 is 2.69 bits per heavy atom. The molecule has 3 aromatic rings. The van der Waals surface area contributed by atoms with Crippen molar-refractivity contribution in [2.75, 3.05) is 6.54 Å². The summed E-state index contributed by atoms with van der Waals surface area (Å²) in [6, 6.07) is 6.08. The molecule has 0 aliphatic rings. The zero-order valence-electron chi connectivity index (χ0n) is 14.3. The van der Waals surface area contributed by atoms with Crippen molar-refractivity contribution in [2.45, 2.75) is 26.3 Å². The lowest BCUT2D eigenvalue weighted by atomic mass is 10.1. The summed E-state index contributed by atoms with van der Waals surface area (Å²) in [5, 5.41) is 2.66. The van der Waals surface area contributed by atoms with Gasteiger partial charge in [-0.25, -0.2) is 13.8 Å². The topological polar surface area (TPSA) is 99.8 Å². The van der Waals surface area contributed by atoms with Crippen LogP contribution in [0.5, 0.6) is 0 Å². The van der Waals surface area contributed by atoms with E-state index in [-0.39, 0.29) is 23.1 Å². The number of benzene rings is 1. The SMILES string of the molecule is CCCCNC(=O)Cn1c(=O)[nH]c2c(-c3ccccc3F)c[nH]c2c1=O. The molecular formula is C18H19FN4O3. The van der Waals surface area contributed by atoms with Crippen LogP contribution in [-0.2, 0) is 11.3 Å². The highest BCUT2D eigenvalue weighted by molar-refractivity contribution is 5.92. The molecule has 0 atom stereocenters. The number of carbonyl (C=O) groups excluding carboxylic acids is 1. The van der Waals surface area contributed by atoms with Crippen molar-refractivity contribution < 1.29 is 9.18 Å². The fourth-order valence-corrected chi connectivity index (χ4v) is 2.76. The van der Waals surface area contributed by atoms with Crippen LogP contribution in [0, 0.1) is 5.82 Å². The molecule has 1 amide bonds. The van der Waals surface area contributed by atoms with E-state index in [0.717, 1.165) is 17.4 Å². The molecule has 0 fully saturated rings. The second kappa shape index (κ2) is 7.38. The summed E-state index contributed by atoms with van der Waals surface area (Å²) < 4.78 is 14.9. The van der Waals surface area contributed by atoms with Crippen LogP contribution >= 0.6 is 0 Å². The average molecular weight is 358 g/mol. The number of hydrogen-bond acceptors (Lipinski definition) is 3. The molecule has 1 aromatic carbocycles. The number of halogens is 1. The molecule has 8 heteroatoms. The van der Waals surface area contributed by atoms with Gasteiger partial charge in [0.1, 0.15) is 17.9 Å². The van der Waals surface area contributed by atoms with Crippen LogP contribution in [0.25, 0.3) is 22.2 Å². The second-order valence-electron chi connectivity index (χ2n) is 5.96. The summed E-state index contributed by atoms with van der Waals surface area (Å²) in [5.74, 6) is -0.875. The fourth-order valence-electron chi connectivity index (χ4n) is 2.76. The second-order valence-corrected chi connectivity index (χ2v) is 5.96. The van der Waals surface area contributed by atoms with Gasteiger partial charge in [-0.3, -0.25) is 9.59 Å². The van der Waals surface area contributed by atoms with Crippen LogP contribution in [0.2, 0.25) is 0 Å². The van der Waals surface area contributed by atoms with Crippen molar-refractivity contribution in [2.24, 2.45) is 0 Å². The van der Waals surface area contributed by atoms with Gasteiger partial charge in [-0.2, -0.15) is 0 Å². The number of fused-ring (bicyclic) bond motifs is 1. The number of aromatic amines is 2. The van der Waals surface area contributed by atoms with Crippen LogP contribution in [0.1, 0.15) is 19.8 Å². The van der Waals surface area contributed by atoms with Gasteiger partial charge < -0.3 is 15.3 Å². The maximum atomic E-state index is 14.0. The third-order valence-electron chi connectivity index (χ3n) is 4.13. The van der Waals surface area contributed by atoms with Gasteiger partial charge in [-0.15, -0.1) is 0 Å². The lowest BCUT2D eigenvalue weighted by molar-refractivity contribution is -0.121. The number of hydrogen-bond donors (Lipinski definition) is 3. The van der Waals surface area contributed by atoms with E-state index in [1.165, 1.54) is 12.3 Å². The van der Waals surface area contributed by atoms with Gasteiger partial charge in [0.05, 0.1) is 5.52 Å². The van der Waals surface area contributed by atoms with E-state index in [1.807, 2.05) is 6.92 Å². The van der Waals surface area contributed by atoms with E-state index in [2.05, 4.69) is 15.3 Å². The predicted molar refractivity (Wildman–Crippen MR) is 96.5 cm³/mol. The summed E-state index contributed by atoms with van der Waals surface area (Å²) in [7, 11) is 0. The molecule has 3 rings (SSSR count). The third kappa shape index (κ3) is 3.30. The summed E-state index contributed by atoms with van der Waals surface area (Å²) >= 11 is 0. The summed E-state index contributed by atoms with van der Waals surface area (Å²) in [4.78, 5) is 42.2. The Kier molecular flexibility index (Phi) is 5.01. The normalized spacial score (nSPS) is 11.0.